The summed E-state index contributed by atoms with van der Waals surface area (Å²) < 4.78 is 26.2. The molecule has 2 unspecified atom stereocenters. The van der Waals surface area contributed by atoms with Gasteiger partial charge in [0.05, 0.1) is 5.69 Å². The maximum absolute atomic E-state index is 13.4. The monoisotopic (exact) mass is 251 g/mol. The molecule has 0 bridgehead atoms. The molecule has 1 aliphatic rings. The van der Waals surface area contributed by atoms with E-state index in [-0.39, 0.29) is 0 Å². The molecule has 0 saturated carbocycles. The Balaban J connectivity index is 1.94. The Morgan fingerprint density at radius 3 is 2.78 bits per heavy atom. The van der Waals surface area contributed by atoms with Crippen LogP contribution >= 0.6 is 0 Å². The third-order valence-electron chi connectivity index (χ3n) is 3.40. The highest BCUT2D eigenvalue weighted by Gasteiger charge is 2.18. The molecule has 1 aromatic carbocycles. The molecular formula is C15H19F2N. The Bertz CT molecular complexity index is 454. The zero-order valence-electron chi connectivity index (χ0n) is 10.8. The molecule has 1 aliphatic carbocycles. The summed E-state index contributed by atoms with van der Waals surface area (Å²) >= 11 is 0. The zero-order valence-corrected chi connectivity index (χ0v) is 10.8. The van der Waals surface area contributed by atoms with E-state index in [4.69, 9.17) is 0 Å². The van der Waals surface area contributed by atoms with Crippen molar-refractivity contribution in [3.63, 3.8) is 0 Å². The molecule has 3 heteroatoms. The van der Waals surface area contributed by atoms with Gasteiger partial charge in [-0.15, -0.1) is 0 Å². The number of anilines is 1. The molecule has 2 rings (SSSR count). The molecule has 0 aromatic heterocycles. The number of rotatable bonds is 3. The van der Waals surface area contributed by atoms with Gasteiger partial charge in [0, 0.05) is 12.6 Å². The van der Waals surface area contributed by atoms with E-state index in [2.05, 4.69) is 25.2 Å². The van der Waals surface area contributed by atoms with Crippen molar-refractivity contribution in [1.82, 2.24) is 0 Å². The third kappa shape index (κ3) is 3.31. The molecule has 0 heterocycles. The average Bonchev–Trinajstić information content (AvgIpc) is 2.26. The van der Waals surface area contributed by atoms with Crippen molar-refractivity contribution in [2.75, 3.05) is 11.9 Å². The van der Waals surface area contributed by atoms with Crippen LogP contribution in [0.15, 0.2) is 29.8 Å². The first-order chi connectivity index (χ1) is 8.54. The first-order valence-electron chi connectivity index (χ1n) is 6.41. The highest BCUT2D eigenvalue weighted by atomic mass is 19.1. The Labute approximate surface area is 107 Å². The molecule has 1 nitrogen and oxygen atoms in total. The van der Waals surface area contributed by atoms with Gasteiger partial charge in [-0.25, -0.2) is 8.78 Å². The fourth-order valence-electron chi connectivity index (χ4n) is 2.73. The molecule has 0 amide bonds. The molecule has 18 heavy (non-hydrogen) atoms. The number of allylic oxidation sites excluding steroid dienone is 2. The zero-order chi connectivity index (χ0) is 13.1. The lowest BCUT2D eigenvalue weighted by molar-refractivity contribution is 0.420. The summed E-state index contributed by atoms with van der Waals surface area (Å²) in [5.41, 5.74) is 1.79. The second-order valence-corrected chi connectivity index (χ2v) is 5.30. The van der Waals surface area contributed by atoms with E-state index in [1.165, 1.54) is 17.7 Å². The van der Waals surface area contributed by atoms with Crippen LogP contribution in [-0.2, 0) is 0 Å². The van der Waals surface area contributed by atoms with E-state index >= 15 is 0 Å². The van der Waals surface area contributed by atoms with Gasteiger partial charge in [-0.05, 0) is 43.7 Å². The topological polar surface area (TPSA) is 12.0 Å². The van der Waals surface area contributed by atoms with Crippen molar-refractivity contribution >= 4 is 5.69 Å². The quantitative estimate of drug-likeness (QED) is 0.787. The summed E-state index contributed by atoms with van der Waals surface area (Å²) in [5.74, 6) is 0.0484. The van der Waals surface area contributed by atoms with Crippen LogP contribution in [0.25, 0.3) is 0 Å². The normalized spacial score (nSPS) is 23.7. The minimum atomic E-state index is -0.539. The summed E-state index contributed by atoms with van der Waals surface area (Å²) in [6.45, 7) is 5.08. The van der Waals surface area contributed by atoms with Crippen LogP contribution < -0.4 is 5.32 Å². The van der Waals surface area contributed by atoms with Crippen LogP contribution in [0.2, 0.25) is 0 Å². The fourth-order valence-corrected chi connectivity index (χ4v) is 2.73. The van der Waals surface area contributed by atoms with E-state index in [0.717, 1.165) is 25.5 Å². The van der Waals surface area contributed by atoms with Crippen LogP contribution in [0, 0.1) is 23.5 Å². The second-order valence-electron chi connectivity index (χ2n) is 5.30. The first-order valence-corrected chi connectivity index (χ1v) is 6.41. The number of hydrogen-bond acceptors (Lipinski definition) is 1. The molecule has 1 aromatic rings. The smallest absolute Gasteiger partial charge is 0.149 e. The van der Waals surface area contributed by atoms with Crippen molar-refractivity contribution in [1.29, 1.82) is 0 Å². The predicted octanol–water partition coefficient (Wildman–Crippen LogP) is 4.37. The molecule has 1 N–H and O–H groups in total. The van der Waals surface area contributed by atoms with E-state index < -0.39 is 11.6 Å². The second kappa shape index (κ2) is 5.51. The third-order valence-corrected chi connectivity index (χ3v) is 3.40. The summed E-state index contributed by atoms with van der Waals surface area (Å²) in [5, 5.41) is 3.08. The average molecular weight is 251 g/mol. The Hall–Kier alpha value is -1.38. The van der Waals surface area contributed by atoms with Crippen LogP contribution in [-0.4, -0.2) is 6.54 Å². The van der Waals surface area contributed by atoms with Crippen molar-refractivity contribution in [2.24, 2.45) is 11.8 Å². The molecule has 0 saturated heterocycles. The molecule has 0 aliphatic heterocycles. The molecule has 0 fully saturated rings. The minimum absolute atomic E-state index is 0.385. The van der Waals surface area contributed by atoms with E-state index in [1.54, 1.807) is 0 Å². The number of halogens is 2. The highest BCUT2D eigenvalue weighted by Crippen LogP contribution is 2.28. The van der Waals surface area contributed by atoms with Gasteiger partial charge in [0.15, 0.2) is 0 Å². The summed E-state index contributed by atoms with van der Waals surface area (Å²) in [7, 11) is 0. The van der Waals surface area contributed by atoms with E-state index in [9.17, 15) is 8.78 Å². The summed E-state index contributed by atoms with van der Waals surface area (Å²) in [4.78, 5) is 0. The van der Waals surface area contributed by atoms with Gasteiger partial charge in [0.2, 0.25) is 0 Å². The van der Waals surface area contributed by atoms with Gasteiger partial charge in [0.1, 0.15) is 11.6 Å². The summed E-state index contributed by atoms with van der Waals surface area (Å²) in [6, 6.07) is 3.65. The van der Waals surface area contributed by atoms with Gasteiger partial charge in [-0.2, -0.15) is 0 Å². The fraction of sp³-hybridized carbons (Fsp3) is 0.467. The number of hydrogen-bond donors (Lipinski definition) is 1. The van der Waals surface area contributed by atoms with Gasteiger partial charge in [-0.3, -0.25) is 0 Å². The lowest BCUT2D eigenvalue weighted by Gasteiger charge is -2.26. The predicted molar refractivity (Wildman–Crippen MR) is 70.5 cm³/mol. The molecule has 0 spiro atoms. The Morgan fingerprint density at radius 2 is 2.11 bits per heavy atom. The van der Waals surface area contributed by atoms with Crippen molar-refractivity contribution in [2.45, 2.75) is 26.7 Å². The van der Waals surface area contributed by atoms with Crippen LogP contribution in [0.1, 0.15) is 26.7 Å². The van der Waals surface area contributed by atoms with Gasteiger partial charge < -0.3 is 5.32 Å². The lowest BCUT2D eigenvalue weighted by atomic mass is 9.84. The van der Waals surface area contributed by atoms with E-state index in [0.29, 0.717) is 17.5 Å². The van der Waals surface area contributed by atoms with E-state index in [1.807, 2.05) is 0 Å². The molecular weight excluding hydrogens is 232 g/mol. The van der Waals surface area contributed by atoms with Crippen LogP contribution in [0.3, 0.4) is 0 Å². The SMILES string of the molecule is CC1=CC(C)CC(CNc2ccc(F)cc2F)C1. The largest absolute Gasteiger partial charge is 0.382 e. The molecule has 0 radical (unpaired) electrons. The molecule has 98 valence electrons. The number of benzene rings is 1. The Kier molecular flexibility index (Phi) is 4.00. The van der Waals surface area contributed by atoms with Gasteiger partial charge >= 0.3 is 0 Å². The maximum atomic E-state index is 13.4. The van der Waals surface area contributed by atoms with Gasteiger partial charge in [-0.1, -0.05) is 18.6 Å². The van der Waals surface area contributed by atoms with Gasteiger partial charge in [0.25, 0.3) is 0 Å². The minimum Gasteiger partial charge on any atom is -0.382 e. The maximum Gasteiger partial charge on any atom is 0.149 e. The summed E-state index contributed by atoms with van der Waals surface area (Å²) in [6.07, 6.45) is 4.47. The van der Waals surface area contributed by atoms with Crippen molar-refractivity contribution in [3.05, 3.63) is 41.5 Å². The standard InChI is InChI=1S/C15H19F2N/c1-10-5-11(2)7-12(6-10)9-18-15-4-3-13(16)8-14(15)17/h3-5,8,10,12,18H,6-7,9H2,1-2H3. The number of nitrogens with one attached hydrogen (secondary N) is 1. The highest BCUT2D eigenvalue weighted by molar-refractivity contribution is 5.44. The van der Waals surface area contributed by atoms with Crippen molar-refractivity contribution in [3.8, 4) is 0 Å². The van der Waals surface area contributed by atoms with Crippen molar-refractivity contribution < 1.29 is 8.78 Å². The van der Waals surface area contributed by atoms with Crippen LogP contribution in [0.4, 0.5) is 14.5 Å². The first kappa shape index (κ1) is 13.1. The van der Waals surface area contributed by atoms with Crippen LogP contribution in [0.5, 0.6) is 0 Å². The molecule has 2 atom stereocenters. The Morgan fingerprint density at radius 1 is 1.33 bits per heavy atom. The lowest BCUT2D eigenvalue weighted by Crippen LogP contribution is -2.20.